The molecule has 2 rings (SSSR count). The molecule has 0 bridgehead atoms. The summed E-state index contributed by atoms with van der Waals surface area (Å²) in [5.74, 6) is -0.197. The number of alkyl halides is 1. The number of nitrogens with zero attached hydrogens (tertiary/aromatic N) is 1. The molecule has 0 spiro atoms. The van der Waals surface area contributed by atoms with E-state index in [0.29, 0.717) is 17.6 Å². The molecule has 0 saturated carbocycles. The van der Waals surface area contributed by atoms with E-state index in [4.69, 9.17) is 11.6 Å². The maximum absolute atomic E-state index is 13.9. The van der Waals surface area contributed by atoms with E-state index in [1.165, 1.54) is 11.3 Å². The van der Waals surface area contributed by atoms with Gasteiger partial charge in [0.1, 0.15) is 5.82 Å². The van der Waals surface area contributed by atoms with Crippen molar-refractivity contribution in [1.82, 2.24) is 0 Å². The summed E-state index contributed by atoms with van der Waals surface area (Å²) in [5.41, 5.74) is 1.54. The molecule has 18 heavy (non-hydrogen) atoms. The Morgan fingerprint density at radius 3 is 2.67 bits per heavy atom. The molecule has 0 saturated heterocycles. The lowest BCUT2D eigenvalue weighted by Crippen LogP contribution is -2.17. The monoisotopic (exact) mass is 347 g/mol. The number of hydrogen-bond acceptors (Lipinski definition) is 2. The zero-order valence-corrected chi connectivity index (χ0v) is 12.9. The summed E-state index contributed by atoms with van der Waals surface area (Å²) in [6, 6.07) is 9.11. The van der Waals surface area contributed by atoms with Crippen LogP contribution in [0.2, 0.25) is 4.34 Å². The van der Waals surface area contributed by atoms with Gasteiger partial charge in [-0.2, -0.15) is 0 Å². The van der Waals surface area contributed by atoms with Crippen molar-refractivity contribution in [2.45, 2.75) is 11.9 Å². The van der Waals surface area contributed by atoms with Crippen LogP contribution in [0.3, 0.4) is 0 Å². The molecule has 0 aliphatic carbocycles. The van der Waals surface area contributed by atoms with Crippen molar-refractivity contribution in [1.29, 1.82) is 0 Å². The molecule has 0 amide bonds. The second kappa shape index (κ2) is 6.04. The Labute approximate surface area is 123 Å². The first-order valence-electron chi connectivity index (χ1n) is 5.40. The fraction of sp³-hybridized carbons (Fsp3) is 0.231. The molecule has 0 atom stereocenters. The average Bonchev–Trinajstić information content (AvgIpc) is 2.74. The highest BCUT2D eigenvalue weighted by Crippen LogP contribution is 2.26. The predicted molar refractivity (Wildman–Crippen MR) is 80.5 cm³/mol. The van der Waals surface area contributed by atoms with Crippen LogP contribution in [0.15, 0.2) is 30.3 Å². The van der Waals surface area contributed by atoms with Gasteiger partial charge in [0, 0.05) is 17.3 Å². The molecule has 1 aromatic carbocycles. The number of benzene rings is 1. The molecule has 0 aliphatic heterocycles. The Kier molecular flexibility index (Phi) is 4.65. The minimum atomic E-state index is -0.197. The topological polar surface area (TPSA) is 3.24 Å². The van der Waals surface area contributed by atoms with Gasteiger partial charge < -0.3 is 4.90 Å². The van der Waals surface area contributed by atoms with Crippen LogP contribution in [0.25, 0.3) is 0 Å². The van der Waals surface area contributed by atoms with E-state index in [1.807, 2.05) is 30.1 Å². The molecule has 1 nitrogen and oxygen atoms in total. The summed E-state index contributed by atoms with van der Waals surface area (Å²) in [6.45, 7) is 0.655. The van der Waals surface area contributed by atoms with Crippen molar-refractivity contribution >= 4 is 44.6 Å². The molecule has 0 N–H and O–H groups in total. The van der Waals surface area contributed by atoms with Crippen molar-refractivity contribution < 1.29 is 4.39 Å². The largest absolute Gasteiger partial charge is 0.367 e. The number of anilines is 1. The maximum Gasteiger partial charge on any atom is 0.146 e. The molecule has 96 valence electrons. The Morgan fingerprint density at radius 2 is 2.11 bits per heavy atom. The fourth-order valence-corrected chi connectivity index (χ4v) is 3.19. The summed E-state index contributed by atoms with van der Waals surface area (Å²) < 4.78 is 14.7. The maximum atomic E-state index is 13.9. The van der Waals surface area contributed by atoms with E-state index < -0.39 is 0 Å². The third-order valence-electron chi connectivity index (χ3n) is 2.60. The third-order valence-corrected chi connectivity index (χ3v) is 4.46. The molecule has 0 fully saturated rings. The first-order valence-corrected chi connectivity index (χ1v) is 7.71. The summed E-state index contributed by atoms with van der Waals surface area (Å²) in [7, 11) is 1.87. The van der Waals surface area contributed by atoms with Crippen LogP contribution in [0.4, 0.5) is 10.1 Å². The zero-order valence-electron chi connectivity index (χ0n) is 9.79. The van der Waals surface area contributed by atoms with E-state index in [0.717, 1.165) is 14.8 Å². The minimum absolute atomic E-state index is 0.197. The van der Waals surface area contributed by atoms with Gasteiger partial charge in [0.15, 0.2) is 0 Å². The van der Waals surface area contributed by atoms with Gasteiger partial charge in [-0.1, -0.05) is 33.6 Å². The Bertz CT molecular complexity index is 544. The van der Waals surface area contributed by atoms with Gasteiger partial charge in [-0.15, -0.1) is 11.3 Å². The molecule has 0 aliphatic rings. The van der Waals surface area contributed by atoms with E-state index in [2.05, 4.69) is 15.9 Å². The SMILES string of the molecule is CN(Cc1ccc(Cl)s1)c1ccc(CBr)cc1F. The molecule has 0 unspecified atom stereocenters. The van der Waals surface area contributed by atoms with Gasteiger partial charge in [-0.3, -0.25) is 0 Å². The molecule has 1 heterocycles. The van der Waals surface area contributed by atoms with Crippen LogP contribution in [0, 0.1) is 5.82 Å². The summed E-state index contributed by atoms with van der Waals surface area (Å²) in [4.78, 5) is 3.00. The average molecular weight is 349 g/mol. The molecular weight excluding hydrogens is 337 g/mol. The molecular formula is C13H12BrClFNS. The van der Waals surface area contributed by atoms with Crippen LogP contribution in [-0.2, 0) is 11.9 Å². The summed E-state index contributed by atoms with van der Waals surface area (Å²) >= 11 is 10.7. The van der Waals surface area contributed by atoms with Crippen LogP contribution in [0.1, 0.15) is 10.4 Å². The van der Waals surface area contributed by atoms with E-state index in [1.54, 1.807) is 12.1 Å². The summed E-state index contributed by atoms with van der Waals surface area (Å²) in [6.07, 6.45) is 0. The lowest BCUT2D eigenvalue weighted by atomic mass is 10.2. The highest BCUT2D eigenvalue weighted by Gasteiger charge is 2.09. The number of rotatable bonds is 4. The van der Waals surface area contributed by atoms with Gasteiger partial charge in [0.25, 0.3) is 0 Å². The Morgan fingerprint density at radius 1 is 1.33 bits per heavy atom. The van der Waals surface area contributed by atoms with Crippen LogP contribution >= 0.6 is 38.9 Å². The van der Waals surface area contributed by atoms with Gasteiger partial charge in [0.05, 0.1) is 16.6 Å². The third kappa shape index (κ3) is 3.25. The Balaban J connectivity index is 2.15. The number of hydrogen-bond donors (Lipinski definition) is 0. The molecule has 0 radical (unpaired) electrons. The van der Waals surface area contributed by atoms with Gasteiger partial charge in [-0.05, 0) is 29.8 Å². The standard InChI is InChI=1S/C13H12BrClFNS/c1-17(8-10-3-5-13(15)18-10)12-4-2-9(7-14)6-11(12)16/h2-6H,7-8H2,1H3. The van der Waals surface area contributed by atoms with Crippen LogP contribution in [-0.4, -0.2) is 7.05 Å². The highest BCUT2D eigenvalue weighted by atomic mass is 79.9. The van der Waals surface area contributed by atoms with Crippen molar-refractivity contribution in [2.24, 2.45) is 0 Å². The normalized spacial score (nSPS) is 10.7. The van der Waals surface area contributed by atoms with Crippen LogP contribution < -0.4 is 4.90 Å². The first-order chi connectivity index (χ1) is 8.60. The lowest BCUT2D eigenvalue weighted by molar-refractivity contribution is 0.621. The van der Waals surface area contributed by atoms with Gasteiger partial charge in [-0.25, -0.2) is 4.39 Å². The number of thiophene rings is 1. The number of halogens is 3. The first kappa shape index (κ1) is 13.8. The molecule has 1 aromatic heterocycles. The van der Waals surface area contributed by atoms with Gasteiger partial charge in [0.2, 0.25) is 0 Å². The van der Waals surface area contributed by atoms with E-state index in [-0.39, 0.29) is 5.82 Å². The second-order valence-electron chi connectivity index (χ2n) is 3.98. The van der Waals surface area contributed by atoms with Crippen molar-refractivity contribution in [3.63, 3.8) is 0 Å². The molecule has 5 heteroatoms. The van der Waals surface area contributed by atoms with Crippen LogP contribution in [0.5, 0.6) is 0 Å². The van der Waals surface area contributed by atoms with Crippen molar-refractivity contribution in [3.05, 3.63) is 50.9 Å². The highest BCUT2D eigenvalue weighted by molar-refractivity contribution is 9.08. The summed E-state index contributed by atoms with van der Waals surface area (Å²) in [5, 5.41) is 0.661. The van der Waals surface area contributed by atoms with Gasteiger partial charge >= 0.3 is 0 Å². The van der Waals surface area contributed by atoms with E-state index >= 15 is 0 Å². The molecule has 2 aromatic rings. The van der Waals surface area contributed by atoms with Crippen molar-refractivity contribution in [3.8, 4) is 0 Å². The van der Waals surface area contributed by atoms with Crippen molar-refractivity contribution in [2.75, 3.05) is 11.9 Å². The van der Waals surface area contributed by atoms with E-state index in [9.17, 15) is 4.39 Å². The minimum Gasteiger partial charge on any atom is -0.367 e. The lowest BCUT2D eigenvalue weighted by Gasteiger charge is -2.19. The Hall–Kier alpha value is -0.580. The fourth-order valence-electron chi connectivity index (χ4n) is 1.70. The predicted octanol–water partition coefficient (Wildman–Crippen LogP) is 5.07. The second-order valence-corrected chi connectivity index (χ2v) is 6.34. The smallest absolute Gasteiger partial charge is 0.146 e. The quantitative estimate of drug-likeness (QED) is 0.697. The zero-order chi connectivity index (χ0) is 13.1.